The van der Waals surface area contributed by atoms with Gasteiger partial charge in [0.05, 0.1) is 11.2 Å². The third-order valence-electron chi connectivity index (χ3n) is 5.57. The number of hydrogen-bond acceptors (Lipinski definition) is 6. The fourth-order valence-corrected chi connectivity index (χ4v) is 4.55. The van der Waals surface area contributed by atoms with Crippen molar-refractivity contribution in [1.82, 2.24) is 10.7 Å². The molecule has 40 heavy (non-hydrogen) atoms. The Hall–Kier alpha value is -4.15. The molecule has 0 heterocycles. The van der Waals surface area contributed by atoms with Crippen LogP contribution in [-0.4, -0.2) is 35.0 Å². The number of phenolic OH excluding ortho intramolecular Hbond substituents is 1. The molecule has 0 aliphatic carbocycles. The highest BCUT2D eigenvalue weighted by Gasteiger charge is 2.22. The number of hydrogen-bond donors (Lipinski definition) is 3. The third kappa shape index (κ3) is 7.93. The van der Waals surface area contributed by atoms with E-state index in [1.54, 1.807) is 36.4 Å². The molecule has 0 spiro atoms. The maximum atomic E-state index is 13.1. The summed E-state index contributed by atoms with van der Waals surface area (Å²) in [5.74, 6) is -0.468. The number of nitrogens with zero attached hydrogens (tertiary/aromatic N) is 1. The molecule has 0 fully saturated rings. The zero-order valence-electron chi connectivity index (χ0n) is 21.2. The SMILES string of the molecule is CC(F)(F)Sc1ccc(CNC(=O)COc2ccc(/C=N\NC(=O)c3ccc(O)c(Cl)c3)c3ccccc23)cc1. The molecule has 206 valence electrons. The number of aromatic hydroxyl groups is 1. The Morgan fingerprint density at radius 1 is 1.05 bits per heavy atom. The van der Waals surface area contributed by atoms with Crippen molar-refractivity contribution in [3.8, 4) is 11.5 Å². The number of halogens is 3. The predicted molar refractivity (Wildman–Crippen MR) is 152 cm³/mol. The molecule has 0 atom stereocenters. The van der Waals surface area contributed by atoms with Crippen LogP contribution in [-0.2, 0) is 11.3 Å². The van der Waals surface area contributed by atoms with Crippen LogP contribution in [0.2, 0.25) is 5.02 Å². The molecule has 4 rings (SSSR count). The predicted octanol–water partition coefficient (Wildman–Crippen LogP) is 6.36. The zero-order valence-corrected chi connectivity index (χ0v) is 22.7. The molecule has 7 nitrogen and oxygen atoms in total. The maximum Gasteiger partial charge on any atom is 0.295 e. The first kappa shape index (κ1) is 28.8. The second-order valence-electron chi connectivity index (χ2n) is 8.68. The van der Waals surface area contributed by atoms with Gasteiger partial charge in [0.2, 0.25) is 0 Å². The Balaban J connectivity index is 1.35. The van der Waals surface area contributed by atoms with E-state index in [0.717, 1.165) is 23.3 Å². The minimum Gasteiger partial charge on any atom is -0.506 e. The molecule has 2 amide bonds. The molecule has 0 unspecified atom stereocenters. The van der Waals surface area contributed by atoms with Gasteiger partial charge in [-0.1, -0.05) is 59.8 Å². The van der Waals surface area contributed by atoms with Gasteiger partial charge in [0.15, 0.2) is 6.61 Å². The summed E-state index contributed by atoms with van der Waals surface area (Å²) in [6, 6.07) is 21.5. The highest BCUT2D eigenvalue weighted by molar-refractivity contribution is 8.00. The van der Waals surface area contributed by atoms with E-state index >= 15 is 0 Å². The van der Waals surface area contributed by atoms with Crippen LogP contribution >= 0.6 is 23.4 Å². The molecule has 11 heteroatoms. The van der Waals surface area contributed by atoms with E-state index < -0.39 is 11.2 Å². The van der Waals surface area contributed by atoms with Crippen molar-refractivity contribution in [2.24, 2.45) is 5.10 Å². The number of phenols is 1. The molecule has 0 radical (unpaired) electrons. The van der Waals surface area contributed by atoms with Gasteiger partial charge in [-0.25, -0.2) is 5.43 Å². The second-order valence-corrected chi connectivity index (χ2v) is 10.5. The first-order chi connectivity index (χ1) is 19.1. The molecule has 0 aromatic heterocycles. The number of ether oxygens (including phenoxy) is 1. The summed E-state index contributed by atoms with van der Waals surface area (Å²) in [4.78, 5) is 25.1. The van der Waals surface area contributed by atoms with Crippen LogP contribution < -0.4 is 15.5 Å². The molecule has 0 bridgehead atoms. The smallest absolute Gasteiger partial charge is 0.295 e. The van der Waals surface area contributed by atoms with E-state index in [0.29, 0.717) is 28.0 Å². The fraction of sp³-hybridized carbons (Fsp3) is 0.138. The molecule has 3 N–H and O–H groups in total. The minimum atomic E-state index is -2.86. The van der Waals surface area contributed by atoms with Crippen molar-refractivity contribution in [3.63, 3.8) is 0 Å². The van der Waals surface area contributed by atoms with Gasteiger partial charge in [-0.2, -0.15) is 13.9 Å². The maximum absolute atomic E-state index is 13.1. The van der Waals surface area contributed by atoms with E-state index in [2.05, 4.69) is 15.8 Å². The summed E-state index contributed by atoms with van der Waals surface area (Å²) in [6.45, 7) is 0.848. The van der Waals surface area contributed by atoms with Crippen LogP contribution in [0.5, 0.6) is 11.5 Å². The molecule has 0 saturated heterocycles. The lowest BCUT2D eigenvalue weighted by atomic mass is 10.0. The third-order valence-corrected chi connectivity index (χ3v) is 6.74. The number of carbonyl (C=O) groups excluding carboxylic acids is 2. The van der Waals surface area contributed by atoms with E-state index in [1.165, 1.54) is 24.4 Å². The number of hydrazone groups is 1. The Morgan fingerprint density at radius 2 is 1.77 bits per heavy atom. The van der Waals surface area contributed by atoms with Crippen LogP contribution in [0.3, 0.4) is 0 Å². The Morgan fingerprint density at radius 3 is 2.48 bits per heavy atom. The van der Waals surface area contributed by atoms with Crippen LogP contribution in [0.25, 0.3) is 10.8 Å². The van der Waals surface area contributed by atoms with Crippen LogP contribution in [0.1, 0.15) is 28.4 Å². The number of carbonyl (C=O) groups is 2. The fourth-order valence-electron chi connectivity index (χ4n) is 3.68. The van der Waals surface area contributed by atoms with Crippen molar-refractivity contribution < 1.29 is 28.2 Å². The average Bonchev–Trinajstić information content (AvgIpc) is 2.92. The van der Waals surface area contributed by atoms with Crippen molar-refractivity contribution in [3.05, 3.63) is 101 Å². The minimum absolute atomic E-state index is 0.0573. The number of benzene rings is 4. The van der Waals surface area contributed by atoms with Gasteiger partial charge >= 0.3 is 0 Å². The summed E-state index contributed by atoms with van der Waals surface area (Å²) < 4.78 is 32.0. The molecule has 0 aliphatic heterocycles. The summed E-state index contributed by atoms with van der Waals surface area (Å²) >= 11 is 6.32. The highest BCUT2D eigenvalue weighted by atomic mass is 35.5. The largest absolute Gasteiger partial charge is 0.506 e. The van der Waals surface area contributed by atoms with Gasteiger partial charge in [-0.05, 0) is 53.4 Å². The topological polar surface area (TPSA) is 100 Å². The van der Waals surface area contributed by atoms with Crippen LogP contribution in [0.15, 0.2) is 88.9 Å². The second kappa shape index (κ2) is 12.8. The monoisotopic (exact) mass is 583 g/mol. The summed E-state index contributed by atoms with van der Waals surface area (Å²) in [5, 5.41) is 15.0. The number of fused-ring (bicyclic) bond motifs is 1. The van der Waals surface area contributed by atoms with Gasteiger partial charge in [-0.3, -0.25) is 9.59 Å². The lowest BCUT2D eigenvalue weighted by molar-refractivity contribution is -0.123. The Bertz CT molecular complexity index is 1560. The van der Waals surface area contributed by atoms with Crippen LogP contribution in [0, 0.1) is 0 Å². The lowest BCUT2D eigenvalue weighted by Gasteiger charge is -2.12. The van der Waals surface area contributed by atoms with Crippen molar-refractivity contribution in [2.75, 3.05) is 6.61 Å². The summed E-state index contributed by atoms with van der Waals surface area (Å²) in [7, 11) is 0. The van der Waals surface area contributed by atoms with Crippen molar-refractivity contribution in [1.29, 1.82) is 0 Å². The molecule has 0 aliphatic rings. The number of alkyl halides is 2. The van der Waals surface area contributed by atoms with Gasteiger partial charge in [-0.15, -0.1) is 0 Å². The Labute approximate surface area is 238 Å². The molecule has 0 saturated carbocycles. The summed E-state index contributed by atoms with van der Waals surface area (Å²) in [5.41, 5.74) is 4.14. The van der Waals surface area contributed by atoms with E-state index in [9.17, 15) is 23.5 Å². The van der Waals surface area contributed by atoms with Crippen molar-refractivity contribution in [2.45, 2.75) is 23.6 Å². The van der Waals surface area contributed by atoms with Gasteiger partial charge < -0.3 is 15.2 Å². The summed E-state index contributed by atoms with van der Waals surface area (Å²) in [6.07, 6.45) is 1.49. The highest BCUT2D eigenvalue weighted by Crippen LogP contribution is 2.35. The Kier molecular flexibility index (Phi) is 9.23. The molecular weight excluding hydrogens is 560 g/mol. The molecule has 4 aromatic rings. The molecule has 4 aromatic carbocycles. The van der Waals surface area contributed by atoms with E-state index in [-0.39, 0.29) is 35.4 Å². The van der Waals surface area contributed by atoms with Crippen LogP contribution in [0.4, 0.5) is 8.78 Å². The lowest BCUT2D eigenvalue weighted by Crippen LogP contribution is -2.28. The normalized spacial score (nSPS) is 11.5. The number of rotatable bonds is 10. The number of amides is 2. The average molecular weight is 584 g/mol. The van der Waals surface area contributed by atoms with Gasteiger partial charge in [0.25, 0.3) is 17.1 Å². The zero-order chi connectivity index (χ0) is 28.7. The number of thioether (sulfide) groups is 1. The van der Waals surface area contributed by atoms with E-state index in [4.69, 9.17) is 16.3 Å². The van der Waals surface area contributed by atoms with Crippen molar-refractivity contribution >= 4 is 52.2 Å². The standard InChI is InChI=1S/C29H24ClF2N3O4S/c1-29(31,32)40-21-10-6-18(7-11-21)15-33-27(37)17-39-26-13-9-20(22-4-2-3-5-23(22)26)16-34-35-28(38)19-8-12-25(36)24(30)14-19/h2-14,16,36H,15,17H2,1H3,(H,33,37)(H,35,38)/b34-16-. The van der Waals surface area contributed by atoms with Gasteiger partial charge in [0, 0.05) is 34.9 Å². The first-order valence-electron chi connectivity index (χ1n) is 12.0. The van der Waals surface area contributed by atoms with Gasteiger partial charge in [0.1, 0.15) is 11.5 Å². The molecular formula is C29H24ClF2N3O4S. The number of nitrogens with one attached hydrogen (secondary N) is 2. The first-order valence-corrected chi connectivity index (χ1v) is 13.2. The quantitative estimate of drug-likeness (QED) is 0.115. The van der Waals surface area contributed by atoms with E-state index in [1.807, 2.05) is 24.3 Å².